The minimum atomic E-state index is -0.404. The Morgan fingerprint density at radius 3 is 2.48 bits per heavy atom. The fourth-order valence-electron chi connectivity index (χ4n) is 4.27. The fourth-order valence-corrected chi connectivity index (χ4v) is 4.44. The summed E-state index contributed by atoms with van der Waals surface area (Å²) >= 11 is 6.11. The van der Waals surface area contributed by atoms with E-state index >= 15 is 0 Å². The predicted octanol–water partition coefficient (Wildman–Crippen LogP) is 4.30. The second-order valence-electron chi connectivity index (χ2n) is 7.76. The molecule has 1 aliphatic heterocycles. The van der Waals surface area contributed by atoms with Crippen molar-refractivity contribution in [3.05, 3.63) is 64.7 Å². The Kier molecular flexibility index (Phi) is 5.67. The van der Waals surface area contributed by atoms with Crippen LogP contribution in [0.25, 0.3) is 0 Å². The monoisotopic (exact) mass is 410 g/mol. The Labute approximate surface area is 175 Å². The maximum Gasteiger partial charge on any atom is 0.229 e. The number of nitrogens with one attached hydrogen (secondary N) is 1. The van der Waals surface area contributed by atoms with Gasteiger partial charge in [0.2, 0.25) is 11.8 Å². The van der Waals surface area contributed by atoms with Gasteiger partial charge >= 0.3 is 0 Å². The summed E-state index contributed by atoms with van der Waals surface area (Å²) in [5.74, 6) is -0.797. The first kappa shape index (κ1) is 19.6. The summed E-state index contributed by atoms with van der Waals surface area (Å²) in [4.78, 5) is 40.1. The molecule has 150 valence electrons. The first-order valence-electron chi connectivity index (χ1n) is 10.0. The van der Waals surface area contributed by atoms with Crippen molar-refractivity contribution >= 4 is 34.9 Å². The zero-order valence-electron chi connectivity index (χ0n) is 16.1. The van der Waals surface area contributed by atoms with E-state index in [9.17, 15) is 14.4 Å². The standard InChI is InChI=1S/C23H23ClN2O3/c24-17-10-11-20(19(13-17)22(28)15-6-2-1-3-7-15)25-23(29)16-12-21(27)26(14-16)18-8-4-5-9-18/h1-3,6-7,10-11,13,16,18H,4-5,8-9,12,14H2,(H,25,29)/t16-/m1/s1. The second kappa shape index (κ2) is 8.37. The number of carbonyl (C=O) groups excluding carboxylic acids is 3. The molecule has 0 bridgehead atoms. The van der Waals surface area contributed by atoms with E-state index in [1.807, 2.05) is 11.0 Å². The van der Waals surface area contributed by atoms with Crippen molar-refractivity contribution in [1.29, 1.82) is 0 Å². The molecule has 2 aliphatic rings. The molecule has 1 atom stereocenters. The lowest BCUT2D eigenvalue weighted by Crippen LogP contribution is -2.35. The Hall–Kier alpha value is -2.66. The van der Waals surface area contributed by atoms with Crippen LogP contribution in [0.3, 0.4) is 0 Å². The highest BCUT2D eigenvalue weighted by Crippen LogP contribution is 2.31. The molecule has 5 nitrogen and oxygen atoms in total. The third kappa shape index (κ3) is 4.20. The van der Waals surface area contributed by atoms with Crippen LogP contribution in [0.2, 0.25) is 5.02 Å². The van der Waals surface area contributed by atoms with Gasteiger partial charge in [-0.2, -0.15) is 0 Å². The molecule has 2 amide bonds. The predicted molar refractivity (Wildman–Crippen MR) is 112 cm³/mol. The first-order valence-corrected chi connectivity index (χ1v) is 10.4. The highest BCUT2D eigenvalue weighted by Gasteiger charge is 2.38. The highest BCUT2D eigenvalue weighted by molar-refractivity contribution is 6.31. The second-order valence-corrected chi connectivity index (χ2v) is 8.20. The molecule has 2 fully saturated rings. The van der Waals surface area contributed by atoms with Crippen LogP contribution in [0.15, 0.2) is 48.5 Å². The minimum absolute atomic E-state index is 0.0498. The first-order chi connectivity index (χ1) is 14.0. The summed E-state index contributed by atoms with van der Waals surface area (Å²) in [7, 11) is 0. The molecule has 0 unspecified atom stereocenters. The molecule has 0 spiro atoms. The van der Waals surface area contributed by atoms with Crippen molar-refractivity contribution in [2.75, 3.05) is 11.9 Å². The largest absolute Gasteiger partial charge is 0.339 e. The average molecular weight is 411 g/mol. The lowest BCUT2D eigenvalue weighted by Gasteiger charge is -2.24. The summed E-state index contributed by atoms with van der Waals surface area (Å²) in [6, 6.07) is 14.0. The van der Waals surface area contributed by atoms with Gasteiger partial charge in [0.15, 0.2) is 5.78 Å². The Morgan fingerprint density at radius 2 is 1.76 bits per heavy atom. The van der Waals surface area contributed by atoms with E-state index in [0.29, 0.717) is 28.4 Å². The van der Waals surface area contributed by atoms with Crippen molar-refractivity contribution in [3.63, 3.8) is 0 Å². The number of anilines is 1. The van der Waals surface area contributed by atoms with Gasteiger partial charge in [-0.1, -0.05) is 54.8 Å². The zero-order valence-corrected chi connectivity index (χ0v) is 16.8. The summed E-state index contributed by atoms with van der Waals surface area (Å²) in [5, 5.41) is 3.29. The number of likely N-dealkylation sites (tertiary alicyclic amines) is 1. The maximum atomic E-state index is 12.9. The van der Waals surface area contributed by atoms with E-state index in [1.54, 1.807) is 42.5 Å². The van der Waals surface area contributed by atoms with E-state index in [-0.39, 0.29) is 30.1 Å². The summed E-state index contributed by atoms with van der Waals surface area (Å²) in [6.07, 6.45) is 4.54. The lowest BCUT2D eigenvalue weighted by molar-refractivity contribution is -0.129. The highest BCUT2D eigenvalue weighted by atomic mass is 35.5. The van der Waals surface area contributed by atoms with Gasteiger partial charge in [0.25, 0.3) is 0 Å². The average Bonchev–Trinajstić information content (AvgIpc) is 3.39. The van der Waals surface area contributed by atoms with E-state index in [4.69, 9.17) is 11.6 Å². The van der Waals surface area contributed by atoms with Crippen LogP contribution in [0.5, 0.6) is 0 Å². The quantitative estimate of drug-likeness (QED) is 0.747. The van der Waals surface area contributed by atoms with Crippen LogP contribution in [0.4, 0.5) is 5.69 Å². The maximum absolute atomic E-state index is 12.9. The number of nitrogens with zero attached hydrogens (tertiary/aromatic N) is 1. The minimum Gasteiger partial charge on any atom is -0.339 e. The van der Waals surface area contributed by atoms with Crippen molar-refractivity contribution < 1.29 is 14.4 Å². The normalized spacial score (nSPS) is 19.6. The molecular formula is C23H23ClN2O3. The number of amides is 2. The van der Waals surface area contributed by atoms with Crippen LogP contribution in [0.1, 0.15) is 48.0 Å². The van der Waals surface area contributed by atoms with E-state index in [1.165, 1.54) is 0 Å². The SMILES string of the molecule is O=C(c1ccccc1)c1cc(Cl)ccc1NC(=O)[C@@H]1CC(=O)N(C2CCCC2)C1. The smallest absolute Gasteiger partial charge is 0.229 e. The number of halogens is 1. The Balaban J connectivity index is 1.51. The molecule has 4 rings (SSSR count). The van der Waals surface area contributed by atoms with Crippen molar-refractivity contribution in [3.8, 4) is 0 Å². The number of rotatable bonds is 5. The van der Waals surface area contributed by atoms with Gasteiger partial charge in [-0.15, -0.1) is 0 Å². The summed E-state index contributed by atoms with van der Waals surface area (Å²) in [5.41, 5.74) is 1.28. The fraction of sp³-hybridized carbons (Fsp3) is 0.348. The number of ketones is 1. The molecule has 1 N–H and O–H groups in total. The number of benzene rings is 2. The van der Waals surface area contributed by atoms with Gasteiger partial charge in [0.1, 0.15) is 0 Å². The number of hydrogen-bond acceptors (Lipinski definition) is 3. The van der Waals surface area contributed by atoms with E-state index < -0.39 is 5.92 Å². The molecule has 1 aliphatic carbocycles. The van der Waals surface area contributed by atoms with Crippen molar-refractivity contribution in [2.45, 2.75) is 38.1 Å². The van der Waals surface area contributed by atoms with E-state index in [0.717, 1.165) is 25.7 Å². The number of carbonyl (C=O) groups is 3. The zero-order chi connectivity index (χ0) is 20.4. The third-order valence-corrected chi connectivity index (χ3v) is 6.05. The number of hydrogen-bond donors (Lipinski definition) is 1. The molecule has 1 saturated carbocycles. The molecule has 1 saturated heterocycles. The molecule has 6 heteroatoms. The van der Waals surface area contributed by atoms with Crippen molar-refractivity contribution in [1.82, 2.24) is 4.90 Å². The Morgan fingerprint density at radius 1 is 1.03 bits per heavy atom. The van der Waals surface area contributed by atoms with Gasteiger partial charge < -0.3 is 10.2 Å². The molecular weight excluding hydrogens is 388 g/mol. The van der Waals surface area contributed by atoms with Crippen LogP contribution in [0, 0.1) is 5.92 Å². The van der Waals surface area contributed by atoms with Gasteiger partial charge in [-0.05, 0) is 31.0 Å². The van der Waals surface area contributed by atoms with Gasteiger partial charge in [-0.25, -0.2) is 0 Å². The van der Waals surface area contributed by atoms with Crippen molar-refractivity contribution in [2.24, 2.45) is 5.92 Å². The molecule has 0 radical (unpaired) electrons. The van der Waals surface area contributed by atoms with Gasteiger partial charge in [-0.3, -0.25) is 14.4 Å². The summed E-state index contributed by atoms with van der Waals surface area (Å²) < 4.78 is 0. The van der Waals surface area contributed by atoms with E-state index in [2.05, 4.69) is 5.32 Å². The molecule has 2 aromatic carbocycles. The molecule has 0 aromatic heterocycles. The van der Waals surface area contributed by atoms with Crippen LogP contribution < -0.4 is 5.32 Å². The van der Waals surface area contributed by atoms with Crippen LogP contribution in [-0.2, 0) is 9.59 Å². The molecule has 2 aromatic rings. The summed E-state index contributed by atoms with van der Waals surface area (Å²) in [6.45, 7) is 0.449. The van der Waals surface area contributed by atoms with Gasteiger partial charge in [0, 0.05) is 35.2 Å². The topological polar surface area (TPSA) is 66.5 Å². The molecule has 1 heterocycles. The third-order valence-electron chi connectivity index (χ3n) is 5.81. The van der Waals surface area contributed by atoms with Crippen LogP contribution >= 0.6 is 11.6 Å². The lowest BCUT2D eigenvalue weighted by atomic mass is 10.0. The van der Waals surface area contributed by atoms with Gasteiger partial charge in [0.05, 0.1) is 11.6 Å². The molecule has 29 heavy (non-hydrogen) atoms. The van der Waals surface area contributed by atoms with Crippen LogP contribution in [-0.4, -0.2) is 35.1 Å². The Bertz CT molecular complexity index is 938.